The zero-order chi connectivity index (χ0) is 15.5. The van der Waals surface area contributed by atoms with E-state index in [9.17, 15) is 4.39 Å². The van der Waals surface area contributed by atoms with Gasteiger partial charge in [0.25, 0.3) is 0 Å². The van der Waals surface area contributed by atoms with E-state index in [1.54, 1.807) is 6.07 Å². The summed E-state index contributed by atoms with van der Waals surface area (Å²) >= 11 is 0. The van der Waals surface area contributed by atoms with Crippen LogP contribution in [0.5, 0.6) is 0 Å². The van der Waals surface area contributed by atoms with Crippen LogP contribution in [0.15, 0.2) is 24.3 Å². The molecule has 0 aliphatic carbocycles. The fourth-order valence-electron chi connectivity index (χ4n) is 3.04. The summed E-state index contributed by atoms with van der Waals surface area (Å²) < 4.78 is 13.3. The first-order chi connectivity index (χ1) is 10.2. The third kappa shape index (κ3) is 7.61. The zero-order valence-corrected chi connectivity index (χ0v) is 14.0. The fraction of sp³-hybridized carbons (Fsp3) is 0.684. The van der Waals surface area contributed by atoms with Crippen LogP contribution in [-0.2, 0) is 6.42 Å². The molecular weight excluding hydrogens is 261 g/mol. The maximum Gasteiger partial charge on any atom is 0.123 e. The van der Waals surface area contributed by atoms with Gasteiger partial charge in [-0.05, 0) is 55.5 Å². The first-order valence-electron chi connectivity index (χ1n) is 8.64. The van der Waals surface area contributed by atoms with E-state index in [4.69, 9.17) is 0 Å². The highest BCUT2D eigenvalue weighted by Gasteiger charge is 2.16. The quantitative estimate of drug-likeness (QED) is 0.591. The number of nitrogens with one attached hydrogen (secondary N) is 1. The highest BCUT2D eigenvalue weighted by atomic mass is 19.1. The molecule has 2 atom stereocenters. The topological polar surface area (TPSA) is 12.0 Å². The van der Waals surface area contributed by atoms with Gasteiger partial charge in [-0.15, -0.1) is 0 Å². The average Bonchev–Trinajstić information content (AvgIpc) is 2.48. The van der Waals surface area contributed by atoms with Crippen molar-refractivity contribution in [3.8, 4) is 0 Å². The molecule has 0 aliphatic rings. The molecule has 0 radical (unpaired) electrons. The summed E-state index contributed by atoms with van der Waals surface area (Å²) in [6, 6.07) is 7.09. The van der Waals surface area contributed by atoms with Crippen LogP contribution in [0.1, 0.15) is 58.4 Å². The Hall–Kier alpha value is -0.890. The lowest BCUT2D eigenvalue weighted by Gasteiger charge is -2.23. The van der Waals surface area contributed by atoms with Gasteiger partial charge in [0.1, 0.15) is 5.82 Å². The molecular formula is C19H32FN. The molecule has 1 nitrogen and oxygen atoms in total. The lowest BCUT2D eigenvalue weighted by Crippen LogP contribution is -2.26. The third-order valence-electron chi connectivity index (χ3n) is 4.31. The van der Waals surface area contributed by atoms with Gasteiger partial charge in [0.05, 0.1) is 0 Å². The Kier molecular flexibility index (Phi) is 9.32. The summed E-state index contributed by atoms with van der Waals surface area (Å²) in [4.78, 5) is 0. The van der Waals surface area contributed by atoms with Crippen molar-refractivity contribution in [3.05, 3.63) is 35.6 Å². The largest absolute Gasteiger partial charge is 0.317 e. The molecule has 0 aliphatic heterocycles. The average molecular weight is 293 g/mol. The number of hydrogen-bond acceptors (Lipinski definition) is 1. The summed E-state index contributed by atoms with van der Waals surface area (Å²) in [6.07, 6.45) is 7.42. The first kappa shape index (κ1) is 18.2. The van der Waals surface area contributed by atoms with Crippen molar-refractivity contribution >= 4 is 0 Å². The molecule has 0 saturated carbocycles. The van der Waals surface area contributed by atoms with E-state index in [1.165, 1.54) is 38.2 Å². The van der Waals surface area contributed by atoms with Gasteiger partial charge in [-0.1, -0.05) is 58.6 Å². The molecule has 0 fully saturated rings. The molecule has 0 amide bonds. The van der Waals surface area contributed by atoms with Gasteiger partial charge in [0.15, 0.2) is 0 Å². The fourth-order valence-corrected chi connectivity index (χ4v) is 3.04. The van der Waals surface area contributed by atoms with Crippen LogP contribution in [0.3, 0.4) is 0 Å². The standard InChI is InChI=1S/C19H32FN/c1-4-7-9-16(5-2)12-18(15-21-6-3)13-17-10-8-11-19(20)14-17/h8,10-11,14,16,18,21H,4-7,9,12-13,15H2,1-3H3. The summed E-state index contributed by atoms with van der Waals surface area (Å²) in [7, 11) is 0. The minimum Gasteiger partial charge on any atom is -0.317 e. The van der Waals surface area contributed by atoms with E-state index in [0.29, 0.717) is 5.92 Å². The molecule has 1 rings (SSSR count). The highest BCUT2D eigenvalue weighted by Crippen LogP contribution is 2.24. The van der Waals surface area contributed by atoms with E-state index in [-0.39, 0.29) is 5.82 Å². The van der Waals surface area contributed by atoms with Crippen molar-refractivity contribution in [1.29, 1.82) is 0 Å². The van der Waals surface area contributed by atoms with Crippen LogP contribution in [-0.4, -0.2) is 13.1 Å². The Morgan fingerprint density at radius 2 is 1.95 bits per heavy atom. The van der Waals surface area contributed by atoms with E-state index in [1.807, 2.05) is 6.07 Å². The molecule has 1 N–H and O–H groups in total. The molecule has 1 aromatic rings. The maximum absolute atomic E-state index is 13.3. The Balaban J connectivity index is 2.61. The summed E-state index contributed by atoms with van der Waals surface area (Å²) in [5.41, 5.74) is 1.13. The number of hydrogen-bond donors (Lipinski definition) is 1. The van der Waals surface area contributed by atoms with Crippen molar-refractivity contribution in [2.45, 2.75) is 59.3 Å². The normalized spacial score (nSPS) is 14.1. The van der Waals surface area contributed by atoms with E-state index in [2.05, 4.69) is 32.2 Å². The molecule has 0 spiro atoms. The summed E-state index contributed by atoms with van der Waals surface area (Å²) in [6.45, 7) is 8.75. The first-order valence-corrected chi connectivity index (χ1v) is 8.64. The van der Waals surface area contributed by atoms with Crippen LogP contribution in [0.2, 0.25) is 0 Å². The van der Waals surface area contributed by atoms with E-state index < -0.39 is 0 Å². The van der Waals surface area contributed by atoms with Crippen molar-refractivity contribution in [2.75, 3.05) is 13.1 Å². The minimum absolute atomic E-state index is 0.118. The Labute approximate surface area is 130 Å². The van der Waals surface area contributed by atoms with Crippen LogP contribution in [0.4, 0.5) is 4.39 Å². The Morgan fingerprint density at radius 1 is 1.14 bits per heavy atom. The molecule has 1 aromatic carbocycles. The summed E-state index contributed by atoms with van der Waals surface area (Å²) in [5, 5.41) is 3.48. The molecule has 0 aromatic heterocycles. The number of benzene rings is 1. The van der Waals surface area contributed by atoms with Crippen molar-refractivity contribution in [1.82, 2.24) is 5.32 Å². The predicted octanol–water partition coefficient (Wildman–Crippen LogP) is 5.20. The third-order valence-corrected chi connectivity index (χ3v) is 4.31. The number of rotatable bonds is 11. The second-order valence-corrected chi connectivity index (χ2v) is 6.16. The van der Waals surface area contributed by atoms with Crippen molar-refractivity contribution < 1.29 is 4.39 Å². The van der Waals surface area contributed by atoms with Gasteiger partial charge in [-0.25, -0.2) is 4.39 Å². The van der Waals surface area contributed by atoms with Crippen LogP contribution in [0, 0.1) is 17.7 Å². The summed E-state index contributed by atoms with van der Waals surface area (Å²) in [5.74, 6) is 1.29. The van der Waals surface area contributed by atoms with Gasteiger partial charge in [0, 0.05) is 0 Å². The lowest BCUT2D eigenvalue weighted by molar-refractivity contribution is 0.326. The molecule has 21 heavy (non-hydrogen) atoms. The van der Waals surface area contributed by atoms with E-state index in [0.717, 1.165) is 31.0 Å². The van der Waals surface area contributed by atoms with Gasteiger partial charge in [-0.2, -0.15) is 0 Å². The molecule has 2 unspecified atom stereocenters. The second kappa shape index (κ2) is 10.8. The molecule has 0 heterocycles. The smallest absolute Gasteiger partial charge is 0.123 e. The second-order valence-electron chi connectivity index (χ2n) is 6.16. The molecule has 0 bridgehead atoms. The molecule has 120 valence electrons. The number of unbranched alkanes of at least 4 members (excludes halogenated alkanes) is 1. The SMILES string of the molecule is CCCCC(CC)CC(CNCC)Cc1cccc(F)c1. The number of halogens is 1. The van der Waals surface area contributed by atoms with Crippen molar-refractivity contribution in [3.63, 3.8) is 0 Å². The highest BCUT2D eigenvalue weighted by molar-refractivity contribution is 5.17. The monoisotopic (exact) mass is 293 g/mol. The zero-order valence-electron chi connectivity index (χ0n) is 14.0. The molecule has 0 saturated heterocycles. The minimum atomic E-state index is -0.118. The Morgan fingerprint density at radius 3 is 2.57 bits per heavy atom. The van der Waals surface area contributed by atoms with Gasteiger partial charge in [-0.3, -0.25) is 0 Å². The maximum atomic E-state index is 13.3. The van der Waals surface area contributed by atoms with Crippen LogP contribution in [0.25, 0.3) is 0 Å². The van der Waals surface area contributed by atoms with Gasteiger partial charge in [0.2, 0.25) is 0 Å². The van der Waals surface area contributed by atoms with Crippen LogP contribution >= 0.6 is 0 Å². The predicted molar refractivity (Wildman–Crippen MR) is 90.1 cm³/mol. The van der Waals surface area contributed by atoms with Crippen LogP contribution < -0.4 is 5.32 Å². The molecule has 2 heteroatoms. The van der Waals surface area contributed by atoms with Gasteiger partial charge < -0.3 is 5.32 Å². The lowest BCUT2D eigenvalue weighted by atomic mass is 9.85. The van der Waals surface area contributed by atoms with E-state index >= 15 is 0 Å². The Bertz CT molecular complexity index is 378. The van der Waals surface area contributed by atoms with Crippen molar-refractivity contribution in [2.24, 2.45) is 11.8 Å². The van der Waals surface area contributed by atoms with Gasteiger partial charge >= 0.3 is 0 Å².